The first kappa shape index (κ1) is 16.6. The second-order valence-electron chi connectivity index (χ2n) is 6.52. The summed E-state index contributed by atoms with van der Waals surface area (Å²) in [6.45, 7) is 3.02. The SMILES string of the molecule is c1ccc(CN2CCC(Nc3nccc(-c4cccnc4)n3)CC2)nc1. The van der Waals surface area contributed by atoms with Crippen LogP contribution in [-0.4, -0.2) is 44.0 Å². The highest BCUT2D eigenvalue weighted by Gasteiger charge is 2.20. The topological polar surface area (TPSA) is 66.8 Å². The normalized spacial score (nSPS) is 15.7. The van der Waals surface area contributed by atoms with E-state index >= 15 is 0 Å². The van der Waals surface area contributed by atoms with Gasteiger partial charge in [0.05, 0.1) is 11.4 Å². The van der Waals surface area contributed by atoms with E-state index in [2.05, 4.69) is 36.2 Å². The number of pyridine rings is 2. The van der Waals surface area contributed by atoms with Gasteiger partial charge < -0.3 is 5.32 Å². The van der Waals surface area contributed by atoms with Crippen LogP contribution in [0.5, 0.6) is 0 Å². The number of nitrogens with zero attached hydrogens (tertiary/aromatic N) is 5. The Morgan fingerprint density at radius 3 is 2.65 bits per heavy atom. The lowest BCUT2D eigenvalue weighted by molar-refractivity contribution is 0.209. The molecule has 0 bridgehead atoms. The first-order valence-corrected chi connectivity index (χ1v) is 8.99. The predicted octanol–water partition coefficient (Wildman–Crippen LogP) is 3.01. The molecule has 0 spiro atoms. The molecule has 4 heterocycles. The van der Waals surface area contributed by atoms with E-state index in [9.17, 15) is 0 Å². The Morgan fingerprint density at radius 2 is 1.88 bits per heavy atom. The number of anilines is 1. The third-order valence-corrected chi connectivity index (χ3v) is 4.65. The van der Waals surface area contributed by atoms with Gasteiger partial charge in [0, 0.05) is 56.0 Å². The van der Waals surface area contributed by atoms with Crippen LogP contribution in [0.2, 0.25) is 0 Å². The molecule has 1 saturated heterocycles. The van der Waals surface area contributed by atoms with Gasteiger partial charge in [-0.1, -0.05) is 6.07 Å². The van der Waals surface area contributed by atoms with Crippen LogP contribution in [0, 0.1) is 0 Å². The second kappa shape index (κ2) is 8.01. The summed E-state index contributed by atoms with van der Waals surface area (Å²) in [7, 11) is 0. The van der Waals surface area contributed by atoms with Gasteiger partial charge in [-0.05, 0) is 43.2 Å². The van der Waals surface area contributed by atoms with Gasteiger partial charge in [-0.2, -0.15) is 0 Å². The van der Waals surface area contributed by atoms with Crippen LogP contribution in [0.1, 0.15) is 18.5 Å². The van der Waals surface area contributed by atoms with Crippen molar-refractivity contribution in [3.63, 3.8) is 0 Å². The lowest BCUT2D eigenvalue weighted by Crippen LogP contribution is -2.39. The third-order valence-electron chi connectivity index (χ3n) is 4.65. The maximum Gasteiger partial charge on any atom is 0.223 e. The second-order valence-corrected chi connectivity index (χ2v) is 6.52. The van der Waals surface area contributed by atoms with Gasteiger partial charge in [-0.3, -0.25) is 14.9 Å². The molecule has 6 heteroatoms. The molecule has 1 N–H and O–H groups in total. The highest BCUT2D eigenvalue weighted by atomic mass is 15.2. The third kappa shape index (κ3) is 4.21. The van der Waals surface area contributed by atoms with Crippen LogP contribution in [0.15, 0.2) is 61.2 Å². The van der Waals surface area contributed by atoms with Gasteiger partial charge in [-0.15, -0.1) is 0 Å². The van der Waals surface area contributed by atoms with E-state index in [1.807, 2.05) is 42.7 Å². The molecule has 3 aromatic heterocycles. The van der Waals surface area contributed by atoms with E-state index < -0.39 is 0 Å². The van der Waals surface area contributed by atoms with Crippen molar-refractivity contribution >= 4 is 5.95 Å². The van der Waals surface area contributed by atoms with Crippen molar-refractivity contribution in [2.24, 2.45) is 0 Å². The van der Waals surface area contributed by atoms with E-state index in [1.165, 1.54) is 0 Å². The molecule has 1 aliphatic heterocycles. The van der Waals surface area contributed by atoms with Crippen LogP contribution in [-0.2, 0) is 6.54 Å². The maximum atomic E-state index is 4.64. The van der Waals surface area contributed by atoms with Gasteiger partial charge in [0.25, 0.3) is 0 Å². The molecule has 4 rings (SSSR count). The van der Waals surface area contributed by atoms with E-state index in [-0.39, 0.29) is 0 Å². The minimum Gasteiger partial charge on any atom is -0.351 e. The number of nitrogens with one attached hydrogen (secondary N) is 1. The van der Waals surface area contributed by atoms with Crippen LogP contribution < -0.4 is 5.32 Å². The largest absolute Gasteiger partial charge is 0.351 e. The van der Waals surface area contributed by atoms with E-state index in [0.717, 1.165) is 49.4 Å². The van der Waals surface area contributed by atoms with E-state index in [4.69, 9.17) is 0 Å². The minimum absolute atomic E-state index is 0.402. The summed E-state index contributed by atoms with van der Waals surface area (Å²) >= 11 is 0. The lowest BCUT2D eigenvalue weighted by Gasteiger charge is -2.32. The molecule has 0 unspecified atom stereocenters. The summed E-state index contributed by atoms with van der Waals surface area (Å²) in [5, 5.41) is 3.49. The fourth-order valence-electron chi connectivity index (χ4n) is 3.24. The van der Waals surface area contributed by atoms with Crippen LogP contribution in [0.4, 0.5) is 5.95 Å². The molecule has 132 valence electrons. The zero-order chi connectivity index (χ0) is 17.6. The van der Waals surface area contributed by atoms with Crippen LogP contribution >= 0.6 is 0 Å². The molecule has 1 aliphatic rings. The summed E-state index contributed by atoms with van der Waals surface area (Å²) in [6.07, 6.45) is 9.40. The lowest BCUT2D eigenvalue weighted by atomic mass is 10.1. The zero-order valence-corrected chi connectivity index (χ0v) is 14.6. The Kier molecular flexibility index (Phi) is 5.12. The summed E-state index contributed by atoms with van der Waals surface area (Å²) in [5.41, 5.74) is 3.03. The van der Waals surface area contributed by atoms with Gasteiger partial charge in [0.2, 0.25) is 5.95 Å². The highest BCUT2D eigenvalue weighted by Crippen LogP contribution is 2.19. The molecule has 0 aliphatic carbocycles. The molecule has 0 saturated carbocycles. The summed E-state index contributed by atoms with van der Waals surface area (Å²) in [4.78, 5) is 20.0. The van der Waals surface area contributed by atoms with Gasteiger partial charge in [-0.25, -0.2) is 9.97 Å². The van der Waals surface area contributed by atoms with Crippen LogP contribution in [0.25, 0.3) is 11.3 Å². The average Bonchev–Trinajstić information content (AvgIpc) is 2.71. The van der Waals surface area contributed by atoms with Gasteiger partial charge in [0.15, 0.2) is 0 Å². The molecule has 0 radical (unpaired) electrons. The molecule has 0 amide bonds. The van der Waals surface area contributed by atoms with Gasteiger partial charge >= 0.3 is 0 Å². The number of piperidine rings is 1. The Hall–Kier alpha value is -2.86. The molecule has 0 aromatic carbocycles. The van der Waals surface area contributed by atoms with Crippen molar-refractivity contribution in [2.75, 3.05) is 18.4 Å². The van der Waals surface area contributed by atoms with Crippen molar-refractivity contribution in [1.29, 1.82) is 0 Å². The standard InChI is InChI=1S/C20H22N6/c1-2-10-22-18(5-1)15-26-12-7-17(8-13-26)24-20-23-11-6-19(25-20)16-4-3-9-21-14-16/h1-6,9-11,14,17H,7-8,12-13,15H2,(H,23,24,25). The molecule has 1 fully saturated rings. The number of rotatable bonds is 5. The molecular formula is C20H22N6. The number of hydrogen-bond acceptors (Lipinski definition) is 6. The zero-order valence-electron chi connectivity index (χ0n) is 14.6. The Labute approximate surface area is 153 Å². The Balaban J connectivity index is 1.33. The average molecular weight is 346 g/mol. The number of likely N-dealkylation sites (tertiary alicyclic amines) is 1. The number of hydrogen-bond donors (Lipinski definition) is 1. The molecular weight excluding hydrogens is 324 g/mol. The fourth-order valence-corrected chi connectivity index (χ4v) is 3.24. The molecule has 3 aromatic rings. The summed E-state index contributed by atoms with van der Waals surface area (Å²) in [6, 6.07) is 12.3. The Morgan fingerprint density at radius 1 is 0.962 bits per heavy atom. The summed E-state index contributed by atoms with van der Waals surface area (Å²) < 4.78 is 0. The van der Waals surface area contributed by atoms with Crippen molar-refractivity contribution in [3.05, 3.63) is 66.9 Å². The molecule has 0 atom stereocenters. The van der Waals surface area contributed by atoms with Crippen molar-refractivity contribution in [3.8, 4) is 11.3 Å². The smallest absolute Gasteiger partial charge is 0.223 e. The van der Waals surface area contributed by atoms with Crippen LogP contribution in [0.3, 0.4) is 0 Å². The Bertz CT molecular complexity index is 816. The molecule has 26 heavy (non-hydrogen) atoms. The maximum absolute atomic E-state index is 4.64. The van der Waals surface area contributed by atoms with Crippen molar-refractivity contribution < 1.29 is 0 Å². The monoisotopic (exact) mass is 346 g/mol. The summed E-state index contributed by atoms with van der Waals surface area (Å²) in [5.74, 6) is 0.689. The predicted molar refractivity (Wildman–Crippen MR) is 101 cm³/mol. The molecule has 6 nitrogen and oxygen atoms in total. The first-order valence-electron chi connectivity index (χ1n) is 8.99. The number of aromatic nitrogens is 4. The van der Waals surface area contributed by atoms with E-state index in [0.29, 0.717) is 12.0 Å². The van der Waals surface area contributed by atoms with Crippen molar-refractivity contribution in [2.45, 2.75) is 25.4 Å². The van der Waals surface area contributed by atoms with Gasteiger partial charge in [0.1, 0.15) is 0 Å². The minimum atomic E-state index is 0.402. The quantitative estimate of drug-likeness (QED) is 0.766. The highest BCUT2D eigenvalue weighted by molar-refractivity contribution is 5.58. The van der Waals surface area contributed by atoms with E-state index in [1.54, 1.807) is 12.4 Å². The first-order chi connectivity index (χ1) is 12.9. The van der Waals surface area contributed by atoms with Crippen molar-refractivity contribution in [1.82, 2.24) is 24.8 Å². The fraction of sp³-hybridized carbons (Fsp3) is 0.300.